The molecule has 1 heterocycles. The maximum atomic E-state index is 10.8. The molecule has 0 bridgehead atoms. The van der Waals surface area contributed by atoms with Gasteiger partial charge in [-0.2, -0.15) is 4.98 Å². The van der Waals surface area contributed by atoms with Gasteiger partial charge in [0.15, 0.2) is 5.75 Å². The number of nitrogen functional groups attached to an aromatic ring is 1. The molecular formula is C13H11ClN4O3. The van der Waals surface area contributed by atoms with Crippen molar-refractivity contribution in [3.05, 3.63) is 45.2 Å². The number of nitrogens with two attached hydrogens (primary N) is 1. The van der Waals surface area contributed by atoms with Crippen LogP contribution in [0.25, 0.3) is 0 Å². The van der Waals surface area contributed by atoms with E-state index in [1.807, 2.05) is 0 Å². The molecule has 0 radical (unpaired) electrons. The molecule has 108 valence electrons. The maximum absolute atomic E-state index is 10.8. The molecule has 1 aliphatic carbocycles. The fourth-order valence-corrected chi connectivity index (χ4v) is 1.99. The number of nitrogens with zero attached hydrogens (tertiary/aromatic N) is 3. The number of ether oxygens (including phenoxy) is 1. The van der Waals surface area contributed by atoms with Gasteiger partial charge in [-0.15, -0.1) is 0 Å². The van der Waals surface area contributed by atoms with Crippen LogP contribution in [0.2, 0.25) is 5.02 Å². The van der Waals surface area contributed by atoms with Crippen molar-refractivity contribution < 1.29 is 9.66 Å². The van der Waals surface area contributed by atoms with E-state index >= 15 is 0 Å². The van der Waals surface area contributed by atoms with Gasteiger partial charge >= 0.3 is 0 Å². The van der Waals surface area contributed by atoms with Crippen LogP contribution in [0.5, 0.6) is 11.6 Å². The first-order valence-electron chi connectivity index (χ1n) is 6.29. The van der Waals surface area contributed by atoms with Crippen molar-refractivity contribution in [2.75, 3.05) is 5.73 Å². The van der Waals surface area contributed by atoms with Crippen LogP contribution >= 0.6 is 11.6 Å². The van der Waals surface area contributed by atoms with Gasteiger partial charge in [-0.25, -0.2) is 4.98 Å². The number of rotatable bonds is 4. The zero-order valence-corrected chi connectivity index (χ0v) is 11.6. The van der Waals surface area contributed by atoms with E-state index < -0.39 is 4.92 Å². The topological polar surface area (TPSA) is 104 Å². The summed E-state index contributed by atoms with van der Waals surface area (Å²) in [6.07, 6.45) is 2.06. The highest BCUT2D eigenvalue weighted by molar-refractivity contribution is 6.32. The van der Waals surface area contributed by atoms with Gasteiger partial charge < -0.3 is 10.5 Å². The molecule has 0 spiro atoms. The second-order valence-corrected chi connectivity index (χ2v) is 5.14. The molecule has 0 saturated heterocycles. The third-order valence-electron chi connectivity index (χ3n) is 3.02. The smallest absolute Gasteiger partial charge is 0.273 e. The minimum atomic E-state index is -0.521. The molecule has 0 unspecified atom stereocenters. The van der Waals surface area contributed by atoms with Gasteiger partial charge in [0.1, 0.15) is 11.6 Å². The van der Waals surface area contributed by atoms with Crippen molar-refractivity contribution in [2.45, 2.75) is 18.8 Å². The van der Waals surface area contributed by atoms with Gasteiger partial charge in [0.05, 0.1) is 16.0 Å². The van der Waals surface area contributed by atoms with Gasteiger partial charge in [0.2, 0.25) is 5.88 Å². The predicted octanol–water partition coefficient (Wildman–Crippen LogP) is 3.29. The van der Waals surface area contributed by atoms with Crippen LogP contribution in [0.3, 0.4) is 0 Å². The zero-order valence-electron chi connectivity index (χ0n) is 10.8. The Labute approximate surface area is 124 Å². The summed E-state index contributed by atoms with van der Waals surface area (Å²) < 4.78 is 5.53. The van der Waals surface area contributed by atoms with Gasteiger partial charge in [0, 0.05) is 18.1 Å². The zero-order chi connectivity index (χ0) is 15.0. The van der Waals surface area contributed by atoms with Gasteiger partial charge in [-0.3, -0.25) is 10.1 Å². The summed E-state index contributed by atoms with van der Waals surface area (Å²) in [7, 11) is 0. The summed E-state index contributed by atoms with van der Waals surface area (Å²) in [5.41, 5.74) is 5.61. The predicted molar refractivity (Wildman–Crippen MR) is 76.6 cm³/mol. The van der Waals surface area contributed by atoms with Crippen molar-refractivity contribution >= 4 is 23.1 Å². The number of nitro groups is 1. The van der Waals surface area contributed by atoms with E-state index in [0.29, 0.717) is 17.6 Å². The molecule has 3 rings (SSSR count). The largest absolute Gasteiger partial charge is 0.437 e. The lowest BCUT2D eigenvalue weighted by Gasteiger charge is -2.08. The van der Waals surface area contributed by atoms with E-state index in [1.54, 1.807) is 0 Å². The Morgan fingerprint density at radius 1 is 1.33 bits per heavy atom. The van der Waals surface area contributed by atoms with Crippen LogP contribution in [0.15, 0.2) is 24.3 Å². The molecule has 1 saturated carbocycles. The molecule has 7 nitrogen and oxygen atoms in total. The first-order valence-corrected chi connectivity index (χ1v) is 6.67. The number of halogens is 1. The molecule has 1 fully saturated rings. The number of aromatic nitrogens is 2. The maximum Gasteiger partial charge on any atom is 0.273 e. The normalized spacial score (nSPS) is 14.0. The molecule has 0 amide bonds. The Kier molecular flexibility index (Phi) is 3.34. The molecule has 2 N–H and O–H groups in total. The number of anilines is 1. The average Bonchev–Trinajstić information content (AvgIpc) is 3.24. The SMILES string of the molecule is Nc1cc(Oc2cc([N+](=O)[O-])ccc2Cl)nc(C2CC2)n1. The fourth-order valence-electron chi connectivity index (χ4n) is 1.83. The fraction of sp³-hybridized carbons (Fsp3) is 0.231. The summed E-state index contributed by atoms with van der Waals surface area (Å²) in [5, 5.41) is 11.0. The molecule has 0 aliphatic heterocycles. The molecule has 8 heteroatoms. The summed E-state index contributed by atoms with van der Waals surface area (Å²) >= 11 is 5.98. The lowest BCUT2D eigenvalue weighted by molar-refractivity contribution is -0.384. The lowest BCUT2D eigenvalue weighted by Crippen LogP contribution is -2.00. The number of non-ortho nitro benzene ring substituents is 1. The Bertz CT molecular complexity index is 719. The van der Waals surface area contributed by atoms with E-state index in [0.717, 1.165) is 12.8 Å². The quantitative estimate of drug-likeness (QED) is 0.686. The molecular weight excluding hydrogens is 296 g/mol. The van der Waals surface area contributed by atoms with E-state index in [9.17, 15) is 10.1 Å². The highest BCUT2D eigenvalue weighted by Crippen LogP contribution is 2.39. The van der Waals surface area contributed by atoms with Crippen molar-refractivity contribution in [1.29, 1.82) is 0 Å². The average molecular weight is 307 g/mol. The lowest BCUT2D eigenvalue weighted by atomic mass is 10.3. The van der Waals surface area contributed by atoms with Crippen LogP contribution in [-0.2, 0) is 0 Å². The van der Waals surface area contributed by atoms with Crippen molar-refractivity contribution in [3.63, 3.8) is 0 Å². The summed E-state index contributed by atoms with van der Waals surface area (Å²) in [6.45, 7) is 0. The van der Waals surface area contributed by atoms with E-state index in [1.165, 1.54) is 24.3 Å². The van der Waals surface area contributed by atoms with Gasteiger partial charge in [-0.1, -0.05) is 11.6 Å². The number of hydrogen-bond donors (Lipinski definition) is 1. The summed E-state index contributed by atoms with van der Waals surface area (Å²) in [4.78, 5) is 18.7. The Hall–Kier alpha value is -2.41. The minimum Gasteiger partial charge on any atom is -0.437 e. The molecule has 0 atom stereocenters. The Morgan fingerprint density at radius 2 is 2.10 bits per heavy atom. The number of hydrogen-bond acceptors (Lipinski definition) is 6. The second-order valence-electron chi connectivity index (χ2n) is 4.74. The van der Waals surface area contributed by atoms with Crippen LogP contribution in [0.1, 0.15) is 24.6 Å². The van der Waals surface area contributed by atoms with E-state index in [-0.39, 0.29) is 22.3 Å². The van der Waals surface area contributed by atoms with Crippen LogP contribution in [-0.4, -0.2) is 14.9 Å². The van der Waals surface area contributed by atoms with Gasteiger partial charge in [-0.05, 0) is 18.9 Å². The van der Waals surface area contributed by atoms with Crippen LogP contribution in [0.4, 0.5) is 11.5 Å². The highest BCUT2D eigenvalue weighted by atomic mass is 35.5. The molecule has 1 aliphatic rings. The standard InChI is InChI=1S/C13H11ClN4O3/c14-9-4-3-8(18(19)20)5-10(9)21-12-6-11(15)16-13(17-12)7-1-2-7/h3-7H,1-2H2,(H2,15,16,17). The van der Waals surface area contributed by atoms with E-state index in [2.05, 4.69) is 9.97 Å². The number of nitro benzene ring substituents is 1. The van der Waals surface area contributed by atoms with Crippen molar-refractivity contribution in [3.8, 4) is 11.6 Å². The number of benzene rings is 1. The summed E-state index contributed by atoms with van der Waals surface area (Å²) in [5.74, 6) is 1.63. The highest BCUT2D eigenvalue weighted by Gasteiger charge is 2.27. The third-order valence-corrected chi connectivity index (χ3v) is 3.33. The summed E-state index contributed by atoms with van der Waals surface area (Å²) in [6, 6.07) is 5.42. The van der Waals surface area contributed by atoms with Crippen molar-refractivity contribution in [2.24, 2.45) is 0 Å². The van der Waals surface area contributed by atoms with Gasteiger partial charge in [0.25, 0.3) is 5.69 Å². The van der Waals surface area contributed by atoms with E-state index in [4.69, 9.17) is 22.1 Å². The second kappa shape index (κ2) is 5.17. The third kappa shape index (κ3) is 3.03. The van der Waals surface area contributed by atoms with Crippen LogP contribution < -0.4 is 10.5 Å². The molecule has 21 heavy (non-hydrogen) atoms. The van der Waals surface area contributed by atoms with Crippen molar-refractivity contribution in [1.82, 2.24) is 9.97 Å². The first-order chi connectivity index (χ1) is 10.0. The molecule has 1 aromatic carbocycles. The van der Waals surface area contributed by atoms with Crippen LogP contribution in [0, 0.1) is 10.1 Å². The first kappa shape index (κ1) is 13.6. The Balaban J connectivity index is 1.92. The minimum absolute atomic E-state index is 0.112. The Morgan fingerprint density at radius 3 is 2.76 bits per heavy atom. The monoisotopic (exact) mass is 306 g/mol. The molecule has 1 aromatic heterocycles. The molecule has 2 aromatic rings.